The minimum Gasteiger partial charge on any atom is -0.352 e. The molecule has 0 spiro atoms. The number of rotatable bonds is 3. The lowest BCUT2D eigenvalue weighted by Crippen LogP contribution is -2.31. The topological polar surface area (TPSA) is 63.5 Å². The van der Waals surface area contributed by atoms with Gasteiger partial charge in [0.2, 0.25) is 0 Å². The molecule has 3 rings (SSSR count). The SMILES string of the molecule is CCNC(=O)c1cnc2cc(-c3cccc(F)c3)ccn2c1=O. The lowest BCUT2D eigenvalue weighted by Gasteiger charge is -2.07. The number of pyridine rings is 1. The number of hydrogen-bond donors (Lipinski definition) is 1. The lowest BCUT2D eigenvalue weighted by molar-refractivity contribution is 0.0954. The zero-order chi connectivity index (χ0) is 16.4. The second-order valence-electron chi connectivity index (χ2n) is 4.99. The first-order valence-corrected chi connectivity index (χ1v) is 7.15. The maximum Gasteiger partial charge on any atom is 0.270 e. The fourth-order valence-corrected chi connectivity index (χ4v) is 2.33. The van der Waals surface area contributed by atoms with Gasteiger partial charge in [-0.1, -0.05) is 12.1 Å². The van der Waals surface area contributed by atoms with Crippen LogP contribution in [0, 0.1) is 5.82 Å². The summed E-state index contributed by atoms with van der Waals surface area (Å²) in [5, 5.41) is 2.58. The average Bonchev–Trinajstić information content (AvgIpc) is 2.55. The lowest BCUT2D eigenvalue weighted by atomic mass is 10.1. The molecule has 1 N–H and O–H groups in total. The van der Waals surface area contributed by atoms with Gasteiger partial charge in [-0.2, -0.15) is 0 Å². The number of halogens is 1. The average molecular weight is 311 g/mol. The fraction of sp³-hybridized carbons (Fsp3) is 0.118. The van der Waals surface area contributed by atoms with Crippen molar-refractivity contribution in [3.8, 4) is 11.1 Å². The first-order valence-electron chi connectivity index (χ1n) is 7.15. The van der Waals surface area contributed by atoms with Gasteiger partial charge in [0.25, 0.3) is 11.5 Å². The Balaban J connectivity index is 2.10. The second kappa shape index (κ2) is 6.00. The Hall–Kier alpha value is -3.02. The third-order valence-corrected chi connectivity index (χ3v) is 3.45. The number of hydrogen-bond acceptors (Lipinski definition) is 3. The summed E-state index contributed by atoms with van der Waals surface area (Å²) in [6, 6.07) is 9.53. The van der Waals surface area contributed by atoms with Crippen LogP contribution in [0.4, 0.5) is 4.39 Å². The molecule has 2 aromatic heterocycles. The Morgan fingerprint density at radius 1 is 1.26 bits per heavy atom. The van der Waals surface area contributed by atoms with E-state index in [1.165, 1.54) is 28.9 Å². The van der Waals surface area contributed by atoms with E-state index in [2.05, 4.69) is 10.3 Å². The Kier molecular flexibility index (Phi) is 3.89. The summed E-state index contributed by atoms with van der Waals surface area (Å²) >= 11 is 0. The molecule has 6 heteroatoms. The van der Waals surface area contributed by atoms with Crippen LogP contribution in [-0.2, 0) is 0 Å². The Bertz CT molecular complexity index is 950. The normalized spacial score (nSPS) is 10.7. The van der Waals surface area contributed by atoms with E-state index in [1.807, 2.05) is 0 Å². The van der Waals surface area contributed by atoms with Crippen molar-refractivity contribution in [2.75, 3.05) is 6.54 Å². The van der Waals surface area contributed by atoms with Crippen molar-refractivity contribution in [1.82, 2.24) is 14.7 Å². The number of nitrogens with one attached hydrogen (secondary N) is 1. The molecule has 5 nitrogen and oxygen atoms in total. The highest BCUT2D eigenvalue weighted by atomic mass is 19.1. The van der Waals surface area contributed by atoms with Crippen LogP contribution in [0.2, 0.25) is 0 Å². The van der Waals surface area contributed by atoms with Crippen molar-refractivity contribution < 1.29 is 9.18 Å². The zero-order valence-electron chi connectivity index (χ0n) is 12.4. The number of carbonyl (C=O) groups excluding carboxylic acids is 1. The van der Waals surface area contributed by atoms with E-state index in [1.54, 1.807) is 31.2 Å². The summed E-state index contributed by atoms with van der Waals surface area (Å²) in [6.45, 7) is 2.20. The van der Waals surface area contributed by atoms with Crippen LogP contribution in [0.5, 0.6) is 0 Å². The van der Waals surface area contributed by atoms with Crippen LogP contribution in [0.3, 0.4) is 0 Å². The molecular weight excluding hydrogens is 297 g/mol. The number of fused-ring (bicyclic) bond motifs is 1. The molecule has 1 aromatic carbocycles. The smallest absolute Gasteiger partial charge is 0.270 e. The van der Waals surface area contributed by atoms with Crippen LogP contribution < -0.4 is 10.9 Å². The predicted molar refractivity (Wildman–Crippen MR) is 84.9 cm³/mol. The number of amides is 1. The minimum atomic E-state index is -0.450. The van der Waals surface area contributed by atoms with Gasteiger partial charge in [0.05, 0.1) is 0 Å². The molecule has 0 radical (unpaired) electrons. The molecule has 0 aliphatic carbocycles. The Morgan fingerprint density at radius 2 is 2.04 bits per heavy atom. The summed E-state index contributed by atoms with van der Waals surface area (Å²) in [4.78, 5) is 28.3. The van der Waals surface area contributed by atoms with Crippen LogP contribution in [0.15, 0.2) is 53.6 Å². The quantitative estimate of drug-likeness (QED) is 0.807. The Labute approximate surface area is 131 Å². The molecule has 3 aromatic rings. The summed E-state index contributed by atoms with van der Waals surface area (Å²) < 4.78 is 14.6. The van der Waals surface area contributed by atoms with Crippen LogP contribution >= 0.6 is 0 Å². The molecule has 0 saturated heterocycles. The molecule has 0 aliphatic rings. The van der Waals surface area contributed by atoms with Crippen molar-refractivity contribution in [3.63, 3.8) is 0 Å². The van der Waals surface area contributed by atoms with Crippen molar-refractivity contribution in [3.05, 3.63) is 70.5 Å². The first kappa shape index (κ1) is 14.9. The Morgan fingerprint density at radius 3 is 2.78 bits per heavy atom. The van der Waals surface area contributed by atoms with Crippen molar-refractivity contribution >= 4 is 11.6 Å². The highest BCUT2D eigenvalue weighted by Gasteiger charge is 2.12. The maximum atomic E-state index is 13.3. The number of benzene rings is 1. The second-order valence-corrected chi connectivity index (χ2v) is 4.99. The maximum absolute atomic E-state index is 13.3. The van der Waals surface area contributed by atoms with Gasteiger partial charge in [0.1, 0.15) is 17.0 Å². The third kappa shape index (κ3) is 2.83. The number of nitrogens with zero attached hydrogens (tertiary/aromatic N) is 2. The van der Waals surface area contributed by atoms with Gasteiger partial charge in [-0.3, -0.25) is 14.0 Å². The molecule has 2 heterocycles. The molecule has 1 amide bonds. The van der Waals surface area contributed by atoms with E-state index < -0.39 is 11.5 Å². The fourth-order valence-electron chi connectivity index (χ4n) is 2.33. The summed E-state index contributed by atoms with van der Waals surface area (Å²) in [5.74, 6) is -0.784. The highest BCUT2D eigenvalue weighted by Crippen LogP contribution is 2.20. The minimum absolute atomic E-state index is 0.0112. The van der Waals surface area contributed by atoms with Gasteiger partial charge in [-0.05, 0) is 42.3 Å². The first-order chi connectivity index (χ1) is 11.1. The number of carbonyl (C=O) groups is 1. The standard InChI is InChI=1S/C17H14FN3O2/c1-2-19-16(22)14-10-20-15-9-12(6-7-21(15)17(14)23)11-4-3-5-13(18)8-11/h3-10H,2H2,1H3,(H,19,22). The van der Waals surface area contributed by atoms with Crippen LogP contribution in [0.1, 0.15) is 17.3 Å². The van der Waals surface area contributed by atoms with Crippen molar-refractivity contribution in [2.45, 2.75) is 6.92 Å². The zero-order valence-corrected chi connectivity index (χ0v) is 12.4. The molecule has 23 heavy (non-hydrogen) atoms. The summed E-state index contributed by atoms with van der Waals surface area (Å²) in [6.07, 6.45) is 2.80. The monoisotopic (exact) mass is 311 g/mol. The predicted octanol–water partition coefficient (Wildman–Crippen LogP) is 2.25. The molecule has 116 valence electrons. The summed E-state index contributed by atoms with van der Waals surface area (Å²) in [7, 11) is 0. The van der Waals surface area contributed by atoms with Crippen LogP contribution in [-0.4, -0.2) is 21.8 Å². The molecule has 0 saturated carbocycles. The number of aromatic nitrogens is 2. The van der Waals surface area contributed by atoms with Gasteiger partial charge >= 0.3 is 0 Å². The van der Waals surface area contributed by atoms with Crippen molar-refractivity contribution in [1.29, 1.82) is 0 Å². The van der Waals surface area contributed by atoms with Gasteiger partial charge in [-0.25, -0.2) is 9.37 Å². The van der Waals surface area contributed by atoms with Crippen molar-refractivity contribution in [2.24, 2.45) is 0 Å². The largest absolute Gasteiger partial charge is 0.352 e. The van der Waals surface area contributed by atoms with E-state index in [0.717, 1.165) is 5.56 Å². The molecule has 0 bridgehead atoms. The molecule has 0 aliphatic heterocycles. The van der Waals surface area contributed by atoms with E-state index in [9.17, 15) is 14.0 Å². The molecule has 0 atom stereocenters. The molecule has 0 fully saturated rings. The van der Waals surface area contributed by atoms with Gasteiger partial charge in [0, 0.05) is 18.9 Å². The van der Waals surface area contributed by atoms with Gasteiger partial charge < -0.3 is 5.32 Å². The van der Waals surface area contributed by atoms with E-state index in [0.29, 0.717) is 17.8 Å². The van der Waals surface area contributed by atoms with E-state index >= 15 is 0 Å². The third-order valence-electron chi connectivity index (χ3n) is 3.45. The summed E-state index contributed by atoms with van der Waals surface area (Å²) in [5.41, 5.74) is 1.37. The molecular formula is C17H14FN3O2. The van der Waals surface area contributed by atoms with Gasteiger partial charge in [0.15, 0.2) is 0 Å². The van der Waals surface area contributed by atoms with E-state index in [-0.39, 0.29) is 11.4 Å². The molecule has 0 unspecified atom stereocenters. The highest BCUT2D eigenvalue weighted by molar-refractivity contribution is 5.93. The van der Waals surface area contributed by atoms with E-state index in [4.69, 9.17) is 0 Å². The van der Waals surface area contributed by atoms with Gasteiger partial charge in [-0.15, -0.1) is 0 Å². The van der Waals surface area contributed by atoms with Crippen LogP contribution in [0.25, 0.3) is 16.8 Å².